The van der Waals surface area contributed by atoms with Crippen molar-refractivity contribution in [3.63, 3.8) is 0 Å². The second-order valence-corrected chi connectivity index (χ2v) is 4.76. The van der Waals surface area contributed by atoms with E-state index in [0.29, 0.717) is 17.2 Å². The molecule has 1 aliphatic carbocycles. The minimum Gasteiger partial charge on any atom is -0.456 e. The molecule has 2 heterocycles. The van der Waals surface area contributed by atoms with Crippen molar-refractivity contribution in [2.24, 2.45) is 0 Å². The summed E-state index contributed by atoms with van der Waals surface area (Å²) in [4.78, 5) is 20.3. The number of ether oxygens (including phenoxy) is 1. The molecule has 2 aromatic rings. The van der Waals surface area contributed by atoms with Crippen LogP contribution in [0.3, 0.4) is 0 Å². The van der Waals surface area contributed by atoms with Gasteiger partial charge in [0.1, 0.15) is 17.2 Å². The van der Waals surface area contributed by atoms with Crippen LogP contribution in [0.2, 0.25) is 0 Å². The lowest BCUT2D eigenvalue weighted by Crippen LogP contribution is -2.23. The van der Waals surface area contributed by atoms with E-state index in [2.05, 4.69) is 15.3 Å². The summed E-state index contributed by atoms with van der Waals surface area (Å²) < 4.78 is 5.65. The summed E-state index contributed by atoms with van der Waals surface area (Å²) in [5.41, 5.74) is 1.11. The van der Waals surface area contributed by atoms with Gasteiger partial charge in [0, 0.05) is 24.2 Å². The topological polar surface area (TPSA) is 64.1 Å². The highest BCUT2D eigenvalue weighted by atomic mass is 16.5. The minimum absolute atomic E-state index is 0.255. The molecule has 0 spiro atoms. The SMILES string of the molecule is O=C(NC1=CCCC=C1)c1cc(Oc2cccnc2)ccn1. The summed E-state index contributed by atoms with van der Waals surface area (Å²) in [6.45, 7) is 0. The monoisotopic (exact) mass is 293 g/mol. The quantitative estimate of drug-likeness (QED) is 0.940. The number of carbonyl (C=O) groups is 1. The van der Waals surface area contributed by atoms with E-state index in [9.17, 15) is 4.79 Å². The number of pyridine rings is 2. The van der Waals surface area contributed by atoms with E-state index in [1.165, 1.54) is 0 Å². The van der Waals surface area contributed by atoms with Crippen LogP contribution in [-0.2, 0) is 0 Å². The van der Waals surface area contributed by atoms with Gasteiger partial charge in [-0.2, -0.15) is 0 Å². The molecule has 2 aromatic heterocycles. The van der Waals surface area contributed by atoms with Crippen LogP contribution in [0, 0.1) is 0 Å². The Morgan fingerprint density at radius 2 is 2.14 bits per heavy atom. The first-order valence-electron chi connectivity index (χ1n) is 7.03. The van der Waals surface area contributed by atoms with Crippen LogP contribution in [0.15, 0.2) is 66.8 Å². The molecule has 1 amide bonds. The fourth-order valence-corrected chi connectivity index (χ4v) is 2.04. The fourth-order valence-electron chi connectivity index (χ4n) is 2.04. The standard InChI is InChI=1S/C17H15N3O2/c21-17(20-13-5-2-1-3-6-13)16-11-14(8-10-19-16)22-15-7-4-9-18-12-15/h2,4-12H,1,3H2,(H,20,21). The molecule has 22 heavy (non-hydrogen) atoms. The summed E-state index contributed by atoms with van der Waals surface area (Å²) in [6, 6.07) is 6.88. The number of hydrogen-bond acceptors (Lipinski definition) is 4. The third-order valence-electron chi connectivity index (χ3n) is 3.09. The predicted octanol–water partition coefficient (Wildman–Crippen LogP) is 3.23. The van der Waals surface area contributed by atoms with Crippen LogP contribution >= 0.6 is 0 Å². The number of amides is 1. The Hall–Kier alpha value is -2.95. The van der Waals surface area contributed by atoms with Crippen molar-refractivity contribution in [3.05, 3.63) is 72.5 Å². The van der Waals surface area contributed by atoms with E-state index in [1.54, 1.807) is 42.9 Å². The molecule has 1 aliphatic rings. The summed E-state index contributed by atoms with van der Waals surface area (Å²) >= 11 is 0. The molecule has 0 saturated carbocycles. The zero-order chi connectivity index (χ0) is 15.2. The van der Waals surface area contributed by atoms with Gasteiger partial charge in [0.25, 0.3) is 5.91 Å². The number of aromatic nitrogens is 2. The van der Waals surface area contributed by atoms with E-state index in [4.69, 9.17) is 4.74 Å². The lowest BCUT2D eigenvalue weighted by atomic mass is 10.1. The normalized spacial score (nSPS) is 13.4. The van der Waals surface area contributed by atoms with Gasteiger partial charge in [0.15, 0.2) is 0 Å². The summed E-state index contributed by atoms with van der Waals surface area (Å²) in [7, 11) is 0. The largest absolute Gasteiger partial charge is 0.456 e. The molecule has 0 aromatic carbocycles. The van der Waals surface area contributed by atoms with Crippen molar-refractivity contribution < 1.29 is 9.53 Å². The van der Waals surface area contributed by atoms with Gasteiger partial charge in [-0.15, -0.1) is 0 Å². The van der Waals surface area contributed by atoms with Crippen LogP contribution < -0.4 is 10.1 Å². The van der Waals surface area contributed by atoms with Crippen LogP contribution in [-0.4, -0.2) is 15.9 Å². The van der Waals surface area contributed by atoms with Crippen molar-refractivity contribution in [1.29, 1.82) is 0 Å². The third kappa shape index (κ3) is 3.58. The smallest absolute Gasteiger partial charge is 0.274 e. The van der Waals surface area contributed by atoms with Crippen LogP contribution in [0.4, 0.5) is 0 Å². The molecule has 0 aliphatic heterocycles. The maximum absolute atomic E-state index is 12.2. The average Bonchev–Trinajstić information content (AvgIpc) is 2.57. The van der Waals surface area contributed by atoms with Crippen LogP contribution in [0.5, 0.6) is 11.5 Å². The van der Waals surface area contributed by atoms with Crippen molar-refractivity contribution in [2.45, 2.75) is 12.8 Å². The highest BCUT2D eigenvalue weighted by Gasteiger charge is 2.10. The molecular formula is C17H15N3O2. The second-order valence-electron chi connectivity index (χ2n) is 4.76. The van der Waals surface area contributed by atoms with Gasteiger partial charge in [-0.25, -0.2) is 0 Å². The predicted molar refractivity (Wildman–Crippen MR) is 82.5 cm³/mol. The lowest BCUT2D eigenvalue weighted by Gasteiger charge is -2.10. The maximum Gasteiger partial charge on any atom is 0.274 e. The van der Waals surface area contributed by atoms with Gasteiger partial charge < -0.3 is 10.1 Å². The Morgan fingerprint density at radius 1 is 1.18 bits per heavy atom. The van der Waals surface area contributed by atoms with Crippen LogP contribution in [0.1, 0.15) is 23.3 Å². The average molecular weight is 293 g/mol. The zero-order valence-corrected chi connectivity index (χ0v) is 11.9. The molecule has 0 atom stereocenters. The summed E-state index contributed by atoms with van der Waals surface area (Å²) in [5.74, 6) is 0.897. The van der Waals surface area contributed by atoms with E-state index < -0.39 is 0 Å². The van der Waals surface area contributed by atoms with Gasteiger partial charge in [0.2, 0.25) is 0 Å². The zero-order valence-electron chi connectivity index (χ0n) is 11.9. The van der Waals surface area contributed by atoms with Gasteiger partial charge in [-0.05, 0) is 37.1 Å². The molecule has 0 saturated heterocycles. The number of rotatable bonds is 4. The number of nitrogens with zero attached hydrogens (tertiary/aromatic N) is 2. The van der Waals surface area contributed by atoms with Gasteiger partial charge >= 0.3 is 0 Å². The Morgan fingerprint density at radius 3 is 2.91 bits per heavy atom. The third-order valence-corrected chi connectivity index (χ3v) is 3.09. The van der Waals surface area contributed by atoms with Crippen molar-refractivity contribution in [2.75, 3.05) is 0 Å². The molecule has 0 fully saturated rings. The van der Waals surface area contributed by atoms with Gasteiger partial charge in [-0.3, -0.25) is 14.8 Å². The molecule has 0 bridgehead atoms. The van der Waals surface area contributed by atoms with Crippen LogP contribution in [0.25, 0.3) is 0 Å². The molecule has 0 radical (unpaired) electrons. The first-order chi connectivity index (χ1) is 10.8. The maximum atomic E-state index is 12.2. The minimum atomic E-state index is -0.255. The summed E-state index contributed by atoms with van der Waals surface area (Å²) in [5, 5.41) is 2.83. The molecule has 5 nitrogen and oxygen atoms in total. The van der Waals surface area contributed by atoms with E-state index in [0.717, 1.165) is 18.5 Å². The lowest BCUT2D eigenvalue weighted by molar-refractivity contribution is 0.0961. The fraction of sp³-hybridized carbons (Fsp3) is 0.118. The highest BCUT2D eigenvalue weighted by molar-refractivity contribution is 5.94. The molecule has 1 N–H and O–H groups in total. The number of allylic oxidation sites excluding steroid dienone is 3. The molecular weight excluding hydrogens is 278 g/mol. The highest BCUT2D eigenvalue weighted by Crippen LogP contribution is 2.20. The van der Waals surface area contributed by atoms with Gasteiger partial charge in [0.05, 0.1) is 6.20 Å². The summed E-state index contributed by atoms with van der Waals surface area (Å²) in [6.07, 6.45) is 12.7. The first-order valence-corrected chi connectivity index (χ1v) is 7.03. The number of hydrogen-bond donors (Lipinski definition) is 1. The first kappa shape index (κ1) is 14.0. The molecule has 0 unspecified atom stereocenters. The second kappa shape index (κ2) is 6.67. The Labute approximate surface area is 128 Å². The van der Waals surface area contributed by atoms with E-state index in [1.807, 2.05) is 18.2 Å². The Balaban J connectivity index is 1.72. The van der Waals surface area contributed by atoms with E-state index >= 15 is 0 Å². The van der Waals surface area contributed by atoms with Gasteiger partial charge in [-0.1, -0.05) is 12.2 Å². The number of carbonyl (C=O) groups excluding carboxylic acids is 1. The molecule has 3 rings (SSSR count). The van der Waals surface area contributed by atoms with Crippen molar-refractivity contribution in [3.8, 4) is 11.5 Å². The van der Waals surface area contributed by atoms with Crippen molar-refractivity contribution >= 4 is 5.91 Å². The van der Waals surface area contributed by atoms with E-state index in [-0.39, 0.29) is 5.91 Å². The number of nitrogens with one attached hydrogen (secondary N) is 1. The Bertz CT molecular complexity index is 724. The molecule has 5 heteroatoms. The van der Waals surface area contributed by atoms with Crippen molar-refractivity contribution in [1.82, 2.24) is 15.3 Å². The Kier molecular flexibility index (Phi) is 4.25. The molecule has 110 valence electrons.